The SMILES string of the molecule is CCN(CC)c1ccc(/C=N/NC(=O)c2cc(-c3ccc(Cl)s3)[nH]n2)cc1. The number of carbonyl (C=O) groups is 1. The predicted octanol–water partition coefficient (Wildman–Crippen LogP) is 4.40. The molecular weight excluding hydrogens is 382 g/mol. The minimum Gasteiger partial charge on any atom is -0.372 e. The van der Waals surface area contributed by atoms with Crippen molar-refractivity contribution in [1.82, 2.24) is 15.6 Å². The van der Waals surface area contributed by atoms with Crippen molar-refractivity contribution in [3.05, 3.63) is 58.1 Å². The van der Waals surface area contributed by atoms with E-state index < -0.39 is 0 Å². The van der Waals surface area contributed by atoms with E-state index in [1.165, 1.54) is 17.0 Å². The van der Waals surface area contributed by atoms with Gasteiger partial charge in [0.25, 0.3) is 5.91 Å². The second-order valence-electron chi connectivity index (χ2n) is 5.73. The van der Waals surface area contributed by atoms with Gasteiger partial charge in [-0.3, -0.25) is 9.89 Å². The van der Waals surface area contributed by atoms with Gasteiger partial charge in [0, 0.05) is 18.8 Å². The van der Waals surface area contributed by atoms with Gasteiger partial charge < -0.3 is 4.90 Å². The van der Waals surface area contributed by atoms with Crippen molar-refractivity contribution in [3.63, 3.8) is 0 Å². The van der Waals surface area contributed by atoms with Gasteiger partial charge in [-0.25, -0.2) is 5.43 Å². The van der Waals surface area contributed by atoms with E-state index in [0.29, 0.717) is 4.34 Å². The molecule has 0 aliphatic heterocycles. The molecule has 0 radical (unpaired) electrons. The van der Waals surface area contributed by atoms with E-state index in [4.69, 9.17) is 11.6 Å². The van der Waals surface area contributed by atoms with Gasteiger partial charge >= 0.3 is 0 Å². The molecule has 27 heavy (non-hydrogen) atoms. The molecule has 1 aromatic carbocycles. The molecule has 0 aliphatic carbocycles. The van der Waals surface area contributed by atoms with Crippen molar-refractivity contribution >= 4 is 40.7 Å². The smallest absolute Gasteiger partial charge is 0.291 e. The topological polar surface area (TPSA) is 73.4 Å². The van der Waals surface area contributed by atoms with Gasteiger partial charge in [-0.05, 0) is 49.7 Å². The van der Waals surface area contributed by atoms with Crippen LogP contribution in [0, 0.1) is 0 Å². The molecule has 0 bridgehead atoms. The van der Waals surface area contributed by atoms with Crippen molar-refractivity contribution < 1.29 is 4.79 Å². The second kappa shape index (κ2) is 8.83. The second-order valence-corrected chi connectivity index (χ2v) is 7.45. The van der Waals surface area contributed by atoms with Crippen molar-refractivity contribution in [2.24, 2.45) is 5.10 Å². The first-order chi connectivity index (χ1) is 13.1. The molecule has 3 aromatic rings. The van der Waals surface area contributed by atoms with Crippen LogP contribution in [0.25, 0.3) is 10.6 Å². The Morgan fingerprint density at radius 1 is 1.26 bits per heavy atom. The van der Waals surface area contributed by atoms with Gasteiger partial charge in [-0.2, -0.15) is 10.2 Å². The summed E-state index contributed by atoms with van der Waals surface area (Å²) in [6.45, 7) is 6.18. The van der Waals surface area contributed by atoms with Gasteiger partial charge in [0.1, 0.15) is 0 Å². The molecule has 6 nitrogen and oxygen atoms in total. The number of H-pyrrole nitrogens is 1. The largest absolute Gasteiger partial charge is 0.372 e. The zero-order valence-corrected chi connectivity index (χ0v) is 16.6. The maximum Gasteiger partial charge on any atom is 0.291 e. The third kappa shape index (κ3) is 4.75. The summed E-state index contributed by atoms with van der Waals surface area (Å²) < 4.78 is 0.683. The normalized spacial score (nSPS) is 11.1. The highest BCUT2D eigenvalue weighted by atomic mass is 35.5. The number of benzene rings is 1. The molecule has 3 rings (SSSR count). The number of amides is 1. The van der Waals surface area contributed by atoms with Gasteiger partial charge in [0.2, 0.25) is 0 Å². The molecule has 0 saturated heterocycles. The predicted molar refractivity (Wildman–Crippen MR) is 112 cm³/mol. The molecule has 8 heteroatoms. The molecule has 0 unspecified atom stereocenters. The number of anilines is 1. The van der Waals surface area contributed by atoms with Crippen LogP contribution >= 0.6 is 22.9 Å². The summed E-state index contributed by atoms with van der Waals surface area (Å²) in [6, 6.07) is 13.4. The number of hydrogen-bond acceptors (Lipinski definition) is 5. The molecule has 2 aromatic heterocycles. The maximum atomic E-state index is 12.2. The Morgan fingerprint density at radius 3 is 2.63 bits per heavy atom. The molecule has 0 aliphatic rings. The Bertz CT molecular complexity index is 928. The molecule has 0 atom stereocenters. The third-order valence-corrected chi connectivity index (χ3v) is 5.31. The van der Waals surface area contributed by atoms with E-state index in [1.807, 2.05) is 30.3 Å². The van der Waals surface area contributed by atoms with Gasteiger partial charge in [-0.15, -0.1) is 11.3 Å². The monoisotopic (exact) mass is 401 g/mol. The molecule has 1 amide bonds. The van der Waals surface area contributed by atoms with Crippen LogP contribution in [0.4, 0.5) is 5.69 Å². The van der Waals surface area contributed by atoms with E-state index in [1.54, 1.807) is 18.3 Å². The minimum absolute atomic E-state index is 0.267. The summed E-state index contributed by atoms with van der Waals surface area (Å²) >= 11 is 7.35. The number of nitrogens with zero attached hydrogens (tertiary/aromatic N) is 3. The van der Waals surface area contributed by atoms with Crippen molar-refractivity contribution in [1.29, 1.82) is 0 Å². The average molecular weight is 402 g/mol. The quantitative estimate of drug-likeness (QED) is 0.455. The first-order valence-corrected chi connectivity index (χ1v) is 9.79. The number of hydrazone groups is 1. The standard InChI is InChI=1S/C19H20ClN5OS/c1-3-25(4-2)14-7-5-13(6-8-14)12-21-24-19(26)16-11-15(22-23-16)17-9-10-18(20)27-17/h5-12H,3-4H2,1-2H3,(H,22,23)(H,24,26)/b21-12+. The van der Waals surface area contributed by atoms with Crippen LogP contribution in [0.15, 0.2) is 47.6 Å². The van der Waals surface area contributed by atoms with Crippen molar-refractivity contribution in [2.45, 2.75) is 13.8 Å². The summed E-state index contributed by atoms with van der Waals surface area (Å²) in [5, 5.41) is 10.9. The van der Waals surface area contributed by atoms with Crippen LogP contribution in [-0.2, 0) is 0 Å². The lowest BCUT2D eigenvalue weighted by atomic mass is 10.2. The van der Waals surface area contributed by atoms with E-state index in [2.05, 4.69) is 39.5 Å². The van der Waals surface area contributed by atoms with Crippen LogP contribution in [0.5, 0.6) is 0 Å². The number of thiophene rings is 1. The average Bonchev–Trinajstić information content (AvgIpc) is 3.33. The van der Waals surface area contributed by atoms with Crippen LogP contribution in [0.1, 0.15) is 29.9 Å². The number of halogens is 1. The van der Waals surface area contributed by atoms with Crippen molar-refractivity contribution in [2.75, 3.05) is 18.0 Å². The maximum absolute atomic E-state index is 12.2. The lowest BCUT2D eigenvalue weighted by Crippen LogP contribution is -2.21. The van der Waals surface area contributed by atoms with E-state index >= 15 is 0 Å². The highest BCUT2D eigenvalue weighted by Crippen LogP contribution is 2.29. The Kier molecular flexibility index (Phi) is 6.26. The molecule has 2 heterocycles. The molecule has 0 spiro atoms. The molecular formula is C19H20ClN5OS. The first-order valence-electron chi connectivity index (χ1n) is 8.60. The van der Waals surface area contributed by atoms with Crippen LogP contribution in [0.3, 0.4) is 0 Å². The zero-order chi connectivity index (χ0) is 19.2. The Labute approximate surface area is 166 Å². The van der Waals surface area contributed by atoms with Crippen LogP contribution < -0.4 is 10.3 Å². The highest BCUT2D eigenvalue weighted by molar-refractivity contribution is 7.19. The number of carbonyl (C=O) groups excluding carboxylic acids is 1. The molecule has 2 N–H and O–H groups in total. The summed E-state index contributed by atoms with van der Waals surface area (Å²) in [6.07, 6.45) is 1.61. The Morgan fingerprint density at radius 2 is 2.00 bits per heavy atom. The summed E-state index contributed by atoms with van der Waals surface area (Å²) in [5.41, 5.74) is 5.57. The summed E-state index contributed by atoms with van der Waals surface area (Å²) in [4.78, 5) is 15.4. The first kappa shape index (κ1) is 19.1. The number of rotatable bonds is 7. The molecule has 0 saturated carbocycles. The number of aromatic nitrogens is 2. The van der Waals surface area contributed by atoms with E-state index in [0.717, 1.165) is 29.2 Å². The van der Waals surface area contributed by atoms with Gasteiger partial charge in [0.05, 0.1) is 21.1 Å². The number of aromatic amines is 1. The summed E-state index contributed by atoms with van der Waals surface area (Å²) in [5.74, 6) is -0.379. The van der Waals surface area contributed by atoms with Crippen LogP contribution in [-0.4, -0.2) is 35.4 Å². The highest BCUT2D eigenvalue weighted by Gasteiger charge is 2.12. The third-order valence-electron chi connectivity index (χ3n) is 4.05. The van der Waals surface area contributed by atoms with Crippen molar-refractivity contribution in [3.8, 4) is 10.6 Å². The Balaban J connectivity index is 1.59. The fourth-order valence-corrected chi connectivity index (χ4v) is 3.62. The number of nitrogens with one attached hydrogen (secondary N) is 2. The Hall–Kier alpha value is -2.64. The van der Waals surface area contributed by atoms with Gasteiger partial charge in [-0.1, -0.05) is 23.7 Å². The summed E-state index contributed by atoms with van der Waals surface area (Å²) in [7, 11) is 0. The molecule has 140 valence electrons. The van der Waals surface area contributed by atoms with Crippen LogP contribution in [0.2, 0.25) is 4.34 Å². The zero-order valence-electron chi connectivity index (χ0n) is 15.1. The fraction of sp³-hybridized carbons (Fsp3) is 0.211. The van der Waals surface area contributed by atoms with Gasteiger partial charge in [0.15, 0.2) is 5.69 Å². The number of hydrogen-bond donors (Lipinski definition) is 2. The van der Waals surface area contributed by atoms with E-state index in [9.17, 15) is 4.79 Å². The fourth-order valence-electron chi connectivity index (χ4n) is 2.61. The lowest BCUT2D eigenvalue weighted by molar-refractivity contribution is 0.0950. The minimum atomic E-state index is -0.379. The lowest BCUT2D eigenvalue weighted by Gasteiger charge is -2.20. The molecule has 0 fully saturated rings. The van der Waals surface area contributed by atoms with E-state index in [-0.39, 0.29) is 11.6 Å².